The second kappa shape index (κ2) is 6.97. The molecule has 0 atom stereocenters. The van der Waals surface area contributed by atoms with Crippen LogP contribution in [-0.4, -0.2) is 36.6 Å². The summed E-state index contributed by atoms with van der Waals surface area (Å²) in [4.78, 5) is 11.3. The van der Waals surface area contributed by atoms with Crippen molar-refractivity contribution in [3.8, 4) is 5.75 Å². The maximum atomic E-state index is 13.5. The number of carbonyl (C=O) groups excluding carboxylic acids is 1. The average molecular weight is 400 g/mol. The molecule has 0 spiro atoms. The third-order valence-corrected chi connectivity index (χ3v) is 3.79. The van der Waals surface area contributed by atoms with E-state index in [1.165, 1.54) is 31.2 Å². The van der Waals surface area contributed by atoms with Gasteiger partial charge in [0.05, 0.1) is 0 Å². The lowest BCUT2D eigenvalue weighted by molar-refractivity contribution is -0.342. The Labute approximate surface area is 147 Å². The van der Waals surface area contributed by atoms with Crippen molar-refractivity contribution in [1.82, 2.24) is 0 Å². The van der Waals surface area contributed by atoms with Gasteiger partial charge in [-0.1, -0.05) is 18.2 Å². The molecule has 0 heterocycles. The normalized spacial score (nSPS) is 13.3. The van der Waals surface area contributed by atoms with E-state index in [-0.39, 0.29) is 11.5 Å². The van der Waals surface area contributed by atoms with E-state index in [9.17, 15) is 39.9 Å². The van der Waals surface area contributed by atoms with Crippen molar-refractivity contribution in [2.75, 3.05) is 6.61 Å². The lowest BCUT2D eigenvalue weighted by Crippen LogP contribution is -2.59. The molecule has 27 heavy (non-hydrogen) atoms. The van der Waals surface area contributed by atoms with E-state index in [2.05, 4.69) is 4.74 Å². The van der Waals surface area contributed by atoms with Crippen LogP contribution < -0.4 is 4.74 Å². The number of fused-ring (bicyclic) bond motifs is 1. The van der Waals surface area contributed by atoms with E-state index < -0.39 is 30.8 Å². The van der Waals surface area contributed by atoms with Gasteiger partial charge in [-0.2, -0.15) is 26.3 Å². The van der Waals surface area contributed by atoms with Crippen LogP contribution in [-0.2, 0) is 0 Å². The van der Waals surface area contributed by atoms with Crippen LogP contribution in [0, 0.1) is 0 Å². The van der Waals surface area contributed by atoms with Gasteiger partial charge in [0, 0.05) is 5.56 Å². The van der Waals surface area contributed by atoms with Crippen molar-refractivity contribution >= 4 is 16.6 Å². The Morgan fingerprint density at radius 1 is 0.963 bits per heavy atom. The van der Waals surface area contributed by atoms with Gasteiger partial charge in [0.2, 0.25) is 0 Å². The summed E-state index contributed by atoms with van der Waals surface area (Å²) >= 11 is 0. The second-order valence-corrected chi connectivity index (χ2v) is 5.77. The average Bonchev–Trinajstić information content (AvgIpc) is 2.58. The molecule has 148 valence electrons. The van der Waals surface area contributed by atoms with Crippen LogP contribution in [0.1, 0.15) is 17.3 Å². The number of halogens is 8. The van der Waals surface area contributed by atoms with Crippen molar-refractivity contribution in [3.05, 3.63) is 42.0 Å². The van der Waals surface area contributed by atoms with Gasteiger partial charge in [-0.3, -0.25) is 4.79 Å². The Morgan fingerprint density at radius 2 is 1.52 bits per heavy atom. The van der Waals surface area contributed by atoms with Crippen LogP contribution >= 0.6 is 0 Å². The number of ketones is 1. The van der Waals surface area contributed by atoms with Crippen LogP contribution in [0.15, 0.2) is 36.4 Å². The van der Waals surface area contributed by atoms with Crippen molar-refractivity contribution in [2.45, 2.75) is 31.1 Å². The van der Waals surface area contributed by atoms with Gasteiger partial charge in [0.15, 0.2) is 12.4 Å². The summed E-state index contributed by atoms with van der Waals surface area (Å²) in [5.41, 5.74) is 0.372. The quantitative estimate of drug-likeness (QED) is 0.447. The number of alkyl halides is 8. The van der Waals surface area contributed by atoms with E-state index in [1.807, 2.05) is 0 Å². The first-order chi connectivity index (χ1) is 12.3. The fourth-order valence-electron chi connectivity index (χ4n) is 2.18. The van der Waals surface area contributed by atoms with E-state index in [0.717, 1.165) is 12.1 Å². The zero-order valence-electron chi connectivity index (χ0n) is 13.6. The standard InChI is InChI=1S/C17H12F8O2/c1-9(26)10-2-3-12-7-13(5-4-11(12)6-10)27-8-15(20,21)17(24,25)16(22,23)14(18)19/h2-7,14H,8H2,1H3. The molecular weight excluding hydrogens is 388 g/mol. The summed E-state index contributed by atoms with van der Waals surface area (Å²) < 4.78 is 107. The minimum atomic E-state index is -6.32. The molecule has 0 aliphatic heterocycles. The zero-order chi connectivity index (χ0) is 20.6. The number of rotatable bonds is 7. The minimum absolute atomic E-state index is 0.223. The topological polar surface area (TPSA) is 26.3 Å². The Bertz CT molecular complexity index is 848. The molecular formula is C17H12F8O2. The number of carbonyl (C=O) groups is 1. The fourth-order valence-corrected chi connectivity index (χ4v) is 2.18. The largest absolute Gasteiger partial charge is 0.487 e. The second-order valence-electron chi connectivity index (χ2n) is 5.77. The summed E-state index contributed by atoms with van der Waals surface area (Å²) in [6, 6.07) is 7.94. The number of hydrogen-bond acceptors (Lipinski definition) is 2. The number of hydrogen-bond donors (Lipinski definition) is 0. The molecule has 2 nitrogen and oxygen atoms in total. The van der Waals surface area contributed by atoms with E-state index in [0.29, 0.717) is 16.3 Å². The highest BCUT2D eigenvalue weighted by Crippen LogP contribution is 2.48. The molecule has 2 aromatic carbocycles. The SMILES string of the molecule is CC(=O)c1ccc2cc(OCC(F)(F)C(F)(F)C(F)(F)C(F)F)ccc2c1. The van der Waals surface area contributed by atoms with E-state index in [1.54, 1.807) is 0 Å². The van der Waals surface area contributed by atoms with Crippen LogP contribution in [0.25, 0.3) is 10.8 Å². The molecule has 0 bridgehead atoms. The molecule has 0 amide bonds. The maximum absolute atomic E-state index is 13.5. The fraction of sp³-hybridized carbons (Fsp3) is 0.353. The number of benzene rings is 2. The summed E-state index contributed by atoms with van der Waals surface area (Å²) in [5.74, 6) is -18.7. The molecule has 0 unspecified atom stereocenters. The number of Topliss-reactive ketones (excluding diaryl/α,β-unsaturated/α-hetero) is 1. The molecule has 0 aromatic heterocycles. The Balaban J connectivity index is 2.22. The van der Waals surface area contributed by atoms with Crippen molar-refractivity contribution < 1.29 is 44.7 Å². The van der Waals surface area contributed by atoms with Gasteiger partial charge < -0.3 is 4.74 Å². The van der Waals surface area contributed by atoms with Gasteiger partial charge in [-0.15, -0.1) is 0 Å². The van der Waals surface area contributed by atoms with Crippen molar-refractivity contribution in [1.29, 1.82) is 0 Å². The van der Waals surface area contributed by atoms with Gasteiger partial charge in [-0.05, 0) is 35.9 Å². The van der Waals surface area contributed by atoms with E-state index >= 15 is 0 Å². The first kappa shape index (κ1) is 20.9. The Hall–Kier alpha value is -2.39. The molecule has 0 saturated heterocycles. The zero-order valence-corrected chi connectivity index (χ0v) is 13.6. The Morgan fingerprint density at radius 3 is 2.07 bits per heavy atom. The maximum Gasteiger partial charge on any atom is 0.381 e. The van der Waals surface area contributed by atoms with Gasteiger partial charge in [-0.25, -0.2) is 8.78 Å². The predicted molar refractivity (Wildman–Crippen MR) is 80.3 cm³/mol. The Kier molecular flexibility index (Phi) is 5.40. The molecule has 2 aromatic rings. The van der Waals surface area contributed by atoms with E-state index in [4.69, 9.17) is 0 Å². The van der Waals surface area contributed by atoms with Crippen LogP contribution in [0.5, 0.6) is 5.75 Å². The summed E-state index contributed by atoms with van der Waals surface area (Å²) in [5, 5.41) is 0.905. The van der Waals surface area contributed by atoms with Crippen LogP contribution in [0.4, 0.5) is 35.1 Å². The van der Waals surface area contributed by atoms with Crippen LogP contribution in [0.3, 0.4) is 0 Å². The highest BCUT2D eigenvalue weighted by atomic mass is 19.4. The highest BCUT2D eigenvalue weighted by molar-refractivity contribution is 5.98. The monoisotopic (exact) mass is 400 g/mol. The van der Waals surface area contributed by atoms with Gasteiger partial charge in [0.25, 0.3) is 0 Å². The van der Waals surface area contributed by atoms with Crippen molar-refractivity contribution in [2.24, 2.45) is 0 Å². The molecule has 0 aliphatic carbocycles. The lowest BCUT2D eigenvalue weighted by atomic mass is 10.0. The molecule has 10 heteroatoms. The summed E-state index contributed by atoms with van der Waals surface area (Å²) in [6.07, 6.45) is -4.98. The molecule has 0 fully saturated rings. The summed E-state index contributed by atoms with van der Waals surface area (Å²) in [7, 11) is 0. The molecule has 0 N–H and O–H groups in total. The van der Waals surface area contributed by atoms with Gasteiger partial charge in [0.1, 0.15) is 5.75 Å². The predicted octanol–water partition coefficient (Wildman–Crippen LogP) is 5.59. The summed E-state index contributed by atoms with van der Waals surface area (Å²) in [6.45, 7) is -0.907. The highest BCUT2D eigenvalue weighted by Gasteiger charge is 2.75. The minimum Gasteiger partial charge on any atom is -0.487 e. The first-order valence-corrected chi connectivity index (χ1v) is 7.39. The third kappa shape index (κ3) is 3.84. The van der Waals surface area contributed by atoms with Crippen molar-refractivity contribution in [3.63, 3.8) is 0 Å². The van der Waals surface area contributed by atoms with Gasteiger partial charge >= 0.3 is 24.2 Å². The molecule has 0 radical (unpaired) electrons. The first-order valence-electron chi connectivity index (χ1n) is 7.39. The third-order valence-electron chi connectivity index (χ3n) is 3.79. The molecule has 0 saturated carbocycles. The lowest BCUT2D eigenvalue weighted by Gasteiger charge is -2.32. The van der Waals surface area contributed by atoms with Crippen LogP contribution in [0.2, 0.25) is 0 Å². The smallest absolute Gasteiger partial charge is 0.381 e. The molecule has 0 aliphatic rings. The number of ether oxygens (including phenoxy) is 1. The molecule has 2 rings (SSSR count).